The van der Waals surface area contributed by atoms with E-state index in [0.29, 0.717) is 12.0 Å². The minimum atomic E-state index is -1.06. The first-order valence-corrected chi connectivity index (χ1v) is 6.51. The van der Waals surface area contributed by atoms with E-state index in [1.807, 2.05) is 43.1 Å². The third-order valence-electron chi connectivity index (χ3n) is 3.88. The van der Waals surface area contributed by atoms with Crippen LogP contribution in [0.1, 0.15) is 35.2 Å². The number of aliphatic carboxylic acids is 1. The molecule has 0 saturated carbocycles. The molecule has 0 radical (unpaired) electrons. The maximum atomic E-state index is 12.4. The molecule has 0 N–H and O–H groups in total. The first-order chi connectivity index (χ1) is 8.99. The number of likely N-dealkylation sites (N-methyl/N-ethyl adjacent to an activating group) is 1. The Kier molecular flexibility index (Phi) is 6.40. The number of carbonyl (C=O) groups excluding carboxylic acids is 2. The summed E-state index contributed by atoms with van der Waals surface area (Å²) in [7, 11) is 1.82. The molecule has 0 aliphatic carbocycles. The fourth-order valence-corrected chi connectivity index (χ4v) is 2.68. The second-order valence-corrected chi connectivity index (χ2v) is 5.22. The number of likely N-dealkylation sites (tertiary alicyclic amines) is 1. The average molecular weight is 283 g/mol. The standard InChI is InChI=1S/C15H19NO3.Na/c1-10-3-5-11(6-4-10)15(19)13-8-7-12(16(13)2)9-14(17)18;/h3-6,12-13H,7-9H2,1-2H3,(H,17,18);/q;+1/p-1. The largest absolute Gasteiger partial charge is 1.00 e. The normalized spacial score (nSPS) is 22.3. The number of carboxylic acid groups (broad SMARTS) is 1. The molecule has 1 fully saturated rings. The molecule has 1 saturated heterocycles. The van der Waals surface area contributed by atoms with Crippen molar-refractivity contribution >= 4 is 11.8 Å². The molecule has 2 unspecified atom stereocenters. The van der Waals surface area contributed by atoms with Crippen LogP contribution in [0.4, 0.5) is 0 Å². The zero-order valence-corrected chi connectivity index (χ0v) is 14.3. The van der Waals surface area contributed by atoms with Gasteiger partial charge in [-0.3, -0.25) is 9.69 Å². The van der Waals surface area contributed by atoms with Gasteiger partial charge in [-0.25, -0.2) is 0 Å². The number of aryl methyl sites for hydroxylation is 1. The number of benzene rings is 1. The Labute approximate surface area is 141 Å². The van der Waals surface area contributed by atoms with Gasteiger partial charge >= 0.3 is 29.6 Å². The van der Waals surface area contributed by atoms with E-state index >= 15 is 0 Å². The van der Waals surface area contributed by atoms with Crippen LogP contribution in [0, 0.1) is 6.92 Å². The van der Waals surface area contributed by atoms with Crippen LogP contribution >= 0.6 is 0 Å². The molecule has 102 valence electrons. The van der Waals surface area contributed by atoms with Crippen LogP contribution in [-0.4, -0.2) is 35.8 Å². The Balaban J connectivity index is 0.00000200. The molecule has 0 spiro atoms. The number of nitrogens with zero attached hydrogens (tertiary/aromatic N) is 1. The summed E-state index contributed by atoms with van der Waals surface area (Å²) in [5.41, 5.74) is 1.81. The van der Waals surface area contributed by atoms with Crippen LogP contribution in [0.15, 0.2) is 24.3 Å². The van der Waals surface area contributed by atoms with Crippen molar-refractivity contribution in [1.82, 2.24) is 4.90 Å². The van der Waals surface area contributed by atoms with Gasteiger partial charge in [-0.05, 0) is 26.8 Å². The van der Waals surface area contributed by atoms with E-state index < -0.39 is 5.97 Å². The van der Waals surface area contributed by atoms with Crippen LogP contribution in [0.25, 0.3) is 0 Å². The zero-order chi connectivity index (χ0) is 14.0. The van der Waals surface area contributed by atoms with Gasteiger partial charge < -0.3 is 9.90 Å². The summed E-state index contributed by atoms with van der Waals surface area (Å²) in [5, 5.41) is 10.7. The number of carboxylic acids is 1. The van der Waals surface area contributed by atoms with Crippen molar-refractivity contribution < 1.29 is 44.3 Å². The van der Waals surface area contributed by atoms with Gasteiger partial charge in [-0.1, -0.05) is 29.8 Å². The molecular weight excluding hydrogens is 265 g/mol. The Morgan fingerprint density at radius 1 is 1.25 bits per heavy atom. The fourth-order valence-electron chi connectivity index (χ4n) is 2.68. The molecule has 2 rings (SSSR count). The summed E-state index contributed by atoms with van der Waals surface area (Å²) < 4.78 is 0. The Morgan fingerprint density at radius 3 is 2.40 bits per heavy atom. The van der Waals surface area contributed by atoms with Gasteiger partial charge in [-0.2, -0.15) is 0 Å². The van der Waals surface area contributed by atoms with Crippen LogP contribution in [0.3, 0.4) is 0 Å². The van der Waals surface area contributed by atoms with Crippen LogP contribution < -0.4 is 34.7 Å². The first kappa shape index (κ1) is 17.4. The van der Waals surface area contributed by atoms with E-state index in [4.69, 9.17) is 0 Å². The molecule has 1 aliphatic rings. The topological polar surface area (TPSA) is 60.4 Å². The quantitative estimate of drug-likeness (QED) is 0.464. The van der Waals surface area contributed by atoms with Crippen molar-refractivity contribution in [2.45, 2.75) is 38.3 Å². The minimum absolute atomic E-state index is 0. The van der Waals surface area contributed by atoms with E-state index in [0.717, 1.165) is 12.0 Å². The molecule has 4 nitrogen and oxygen atoms in total. The number of carbonyl (C=O) groups is 2. The van der Waals surface area contributed by atoms with E-state index in [-0.39, 0.29) is 53.8 Å². The van der Waals surface area contributed by atoms with Gasteiger partial charge in [0.05, 0.1) is 6.04 Å². The summed E-state index contributed by atoms with van der Waals surface area (Å²) in [4.78, 5) is 24.9. The molecule has 1 aromatic rings. The van der Waals surface area contributed by atoms with Crippen LogP contribution in [0.2, 0.25) is 0 Å². The van der Waals surface area contributed by atoms with Gasteiger partial charge in [0, 0.05) is 24.0 Å². The Hall–Kier alpha value is -0.680. The monoisotopic (exact) mass is 283 g/mol. The van der Waals surface area contributed by atoms with Crippen molar-refractivity contribution in [2.24, 2.45) is 0 Å². The number of hydrogen-bond acceptors (Lipinski definition) is 4. The third kappa shape index (κ3) is 3.92. The predicted molar refractivity (Wildman–Crippen MR) is 69.7 cm³/mol. The van der Waals surface area contributed by atoms with Gasteiger partial charge in [0.1, 0.15) is 0 Å². The van der Waals surface area contributed by atoms with E-state index in [1.54, 1.807) is 0 Å². The number of ketones is 1. The number of hydrogen-bond donors (Lipinski definition) is 0. The molecule has 5 heteroatoms. The van der Waals surface area contributed by atoms with Crippen LogP contribution in [-0.2, 0) is 4.79 Å². The van der Waals surface area contributed by atoms with Crippen molar-refractivity contribution in [2.75, 3.05) is 7.05 Å². The van der Waals surface area contributed by atoms with Gasteiger partial charge in [0.15, 0.2) is 5.78 Å². The zero-order valence-electron chi connectivity index (χ0n) is 12.3. The minimum Gasteiger partial charge on any atom is -0.550 e. The van der Waals surface area contributed by atoms with E-state index in [1.165, 1.54) is 0 Å². The SMILES string of the molecule is Cc1ccc(C(=O)C2CCC(CC(=O)[O-])N2C)cc1.[Na+]. The summed E-state index contributed by atoms with van der Waals surface area (Å²) in [6, 6.07) is 7.19. The second-order valence-electron chi connectivity index (χ2n) is 5.22. The van der Waals surface area contributed by atoms with Crippen molar-refractivity contribution in [3.63, 3.8) is 0 Å². The molecule has 0 amide bonds. The summed E-state index contributed by atoms with van der Waals surface area (Å²) in [6.45, 7) is 1.98. The maximum Gasteiger partial charge on any atom is 1.00 e. The smallest absolute Gasteiger partial charge is 0.550 e. The third-order valence-corrected chi connectivity index (χ3v) is 3.88. The first-order valence-electron chi connectivity index (χ1n) is 6.51. The molecule has 1 aliphatic heterocycles. The van der Waals surface area contributed by atoms with E-state index in [9.17, 15) is 14.7 Å². The van der Waals surface area contributed by atoms with E-state index in [2.05, 4.69) is 0 Å². The van der Waals surface area contributed by atoms with Crippen molar-refractivity contribution in [3.8, 4) is 0 Å². The molecule has 2 atom stereocenters. The fraction of sp³-hybridized carbons (Fsp3) is 0.467. The predicted octanol–water partition coefficient (Wildman–Crippen LogP) is -2.22. The summed E-state index contributed by atoms with van der Waals surface area (Å²) in [6.07, 6.45) is 1.43. The van der Waals surface area contributed by atoms with Gasteiger partial charge in [0.2, 0.25) is 0 Å². The molecule has 1 aromatic carbocycles. The summed E-state index contributed by atoms with van der Waals surface area (Å²) >= 11 is 0. The second kappa shape index (κ2) is 7.36. The molecular formula is C15H18NNaO3. The number of rotatable bonds is 4. The maximum absolute atomic E-state index is 12.4. The van der Waals surface area contributed by atoms with Crippen LogP contribution in [0.5, 0.6) is 0 Å². The Morgan fingerprint density at radius 2 is 1.85 bits per heavy atom. The molecule has 0 bridgehead atoms. The summed E-state index contributed by atoms with van der Waals surface area (Å²) in [5.74, 6) is -0.983. The van der Waals surface area contributed by atoms with Crippen molar-refractivity contribution in [3.05, 3.63) is 35.4 Å². The molecule has 1 heterocycles. The number of Topliss-reactive ketones (excluding diaryl/α,β-unsaturated/α-hetero) is 1. The van der Waals surface area contributed by atoms with Gasteiger partial charge in [-0.15, -0.1) is 0 Å². The Bertz CT molecular complexity index is 486. The average Bonchev–Trinajstić information content (AvgIpc) is 2.70. The molecule has 20 heavy (non-hydrogen) atoms. The van der Waals surface area contributed by atoms with Crippen molar-refractivity contribution in [1.29, 1.82) is 0 Å². The molecule has 0 aromatic heterocycles. The van der Waals surface area contributed by atoms with Gasteiger partial charge in [0.25, 0.3) is 0 Å².